The molecule has 0 spiro atoms. The van der Waals surface area contributed by atoms with E-state index in [4.69, 9.17) is 0 Å². The molecule has 0 radical (unpaired) electrons. The molecule has 0 aromatic carbocycles. The lowest BCUT2D eigenvalue weighted by Crippen LogP contribution is -2.47. The van der Waals surface area contributed by atoms with Gasteiger partial charge in [-0.1, -0.05) is 19.3 Å². The molecule has 134 valence electrons. The molecule has 6 nitrogen and oxygen atoms in total. The van der Waals surface area contributed by atoms with E-state index in [0.29, 0.717) is 19.0 Å². The van der Waals surface area contributed by atoms with Gasteiger partial charge in [0.25, 0.3) is 0 Å². The van der Waals surface area contributed by atoms with Crippen LogP contribution in [-0.2, 0) is 10.0 Å². The van der Waals surface area contributed by atoms with Crippen LogP contribution in [0, 0.1) is 5.92 Å². The monoisotopic (exact) mass is 352 g/mol. The summed E-state index contributed by atoms with van der Waals surface area (Å²) < 4.78 is 26.9. The van der Waals surface area contributed by atoms with E-state index in [1.54, 1.807) is 16.4 Å². The lowest BCUT2D eigenvalue weighted by Gasteiger charge is -2.31. The summed E-state index contributed by atoms with van der Waals surface area (Å²) in [6, 6.07) is 3.45. The molecule has 7 heteroatoms. The van der Waals surface area contributed by atoms with Crippen molar-refractivity contribution < 1.29 is 8.42 Å². The van der Waals surface area contributed by atoms with Crippen LogP contribution in [0.4, 0.5) is 5.82 Å². The summed E-state index contributed by atoms with van der Waals surface area (Å²) in [5.74, 6) is 1.48. The van der Waals surface area contributed by atoms with Gasteiger partial charge in [0.05, 0.1) is 0 Å². The molecule has 2 aliphatic rings. The van der Waals surface area contributed by atoms with E-state index in [-0.39, 0.29) is 4.90 Å². The highest BCUT2D eigenvalue weighted by Gasteiger charge is 2.27. The third-order valence-electron chi connectivity index (χ3n) is 5.13. The standard InChI is InChI=1S/C17H28N4O2S/c1-20-9-11-21(12-10-20)24(22,23)16-7-8-17(19-14-16)18-13-15-5-3-2-4-6-15/h7-8,14-15H,2-6,9-13H2,1H3,(H,18,19). The summed E-state index contributed by atoms with van der Waals surface area (Å²) in [6.45, 7) is 3.56. The average Bonchev–Trinajstić information content (AvgIpc) is 2.61. The maximum Gasteiger partial charge on any atom is 0.244 e. The highest BCUT2D eigenvalue weighted by Crippen LogP contribution is 2.24. The Hall–Kier alpha value is -1.18. The van der Waals surface area contributed by atoms with Gasteiger partial charge in [0.1, 0.15) is 10.7 Å². The summed E-state index contributed by atoms with van der Waals surface area (Å²) >= 11 is 0. The maximum atomic E-state index is 12.7. The summed E-state index contributed by atoms with van der Waals surface area (Å²) in [5.41, 5.74) is 0. The Morgan fingerprint density at radius 3 is 2.46 bits per heavy atom. The van der Waals surface area contributed by atoms with Crippen molar-refractivity contribution in [2.24, 2.45) is 5.92 Å². The molecule has 24 heavy (non-hydrogen) atoms. The Bertz CT molecular complexity index is 618. The summed E-state index contributed by atoms with van der Waals surface area (Å²) in [5, 5.41) is 3.35. The summed E-state index contributed by atoms with van der Waals surface area (Å²) in [4.78, 5) is 6.74. The molecule has 1 saturated carbocycles. The Labute approximate surface area is 145 Å². The maximum absolute atomic E-state index is 12.7. The number of nitrogens with one attached hydrogen (secondary N) is 1. The normalized spacial score (nSPS) is 21.7. The van der Waals surface area contributed by atoms with Gasteiger partial charge in [-0.2, -0.15) is 4.31 Å². The number of hydrogen-bond acceptors (Lipinski definition) is 5. The van der Waals surface area contributed by atoms with Crippen molar-refractivity contribution >= 4 is 15.8 Å². The molecule has 0 unspecified atom stereocenters. The van der Waals surface area contributed by atoms with Crippen molar-refractivity contribution in [2.75, 3.05) is 45.1 Å². The lowest BCUT2D eigenvalue weighted by atomic mass is 9.89. The zero-order valence-corrected chi connectivity index (χ0v) is 15.3. The molecular formula is C17H28N4O2S. The Kier molecular flexibility index (Phi) is 5.73. The van der Waals surface area contributed by atoms with Gasteiger partial charge in [0.15, 0.2) is 0 Å². The average molecular weight is 353 g/mol. The number of hydrogen-bond donors (Lipinski definition) is 1. The SMILES string of the molecule is CN1CCN(S(=O)(=O)c2ccc(NCC3CCCCC3)nc2)CC1. The van der Waals surface area contributed by atoms with Crippen LogP contribution >= 0.6 is 0 Å². The minimum atomic E-state index is -3.42. The largest absolute Gasteiger partial charge is 0.370 e. The van der Waals surface area contributed by atoms with Crippen LogP contribution < -0.4 is 5.32 Å². The zero-order valence-electron chi connectivity index (χ0n) is 14.4. The fraction of sp³-hybridized carbons (Fsp3) is 0.706. The number of anilines is 1. The first-order valence-electron chi connectivity index (χ1n) is 8.94. The van der Waals surface area contributed by atoms with Crippen LogP contribution in [0.3, 0.4) is 0 Å². The van der Waals surface area contributed by atoms with Gasteiger partial charge in [-0.3, -0.25) is 0 Å². The van der Waals surface area contributed by atoms with Crippen LogP contribution in [0.1, 0.15) is 32.1 Å². The van der Waals surface area contributed by atoms with E-state index in [1.807, 2.05) is 7.05 Å². The lowest BCUT2D eigenvalue weighted by molar-refractivity contribution is 0.222. The predicted molar refractivity (Wildman–Crippen MR) is 95.6 cm³/mol. The fourth-order valence-corrected chi connectivity index (χ4v) is 4.82. The highest BCUT2D eigenvalue weighted by molar-refractivity contribution is 7.89. The third kappa shape index (κ3) is 4.26. The minimum absolute atomic E-state index is 0.287. The van der Waals surface area contributed by atoms with Gasteiger partial charge in [-0.15, -0.1) is 0 Å². The van der Waals surface area contributed by atoms with Crippen molar-refractivity contribution in [3.63, 3.8) is 0 Å². The number of aromatic nitrogens is 1. The smallest absolute Gasteiger partial charge is 0.244 e. The van der Waals surface area contributed by atoms with Crippen LogP contribution in [0.15, 0.2) is 23.2 Å². The first kappa shape index (κ1) is 17.6. The summed E-state index contributed by atoms with van der Waals surface area (Å²) in [6.07, 6.45) is 8.04. The molecule has 1 aliphatic heterocycles. The van der Waals surface area contributed by atoms with Crippen molar-refractivity contribution in [1.82, 2.24) is 14.2 Å². The van der Waals surface area contributed by atoms with Crippen molar-refractivity contribution in [2.45, 2.75) is 37.0 Å². The number of sulfonamides is 1. The van der Waals surface area contributed by atoms with Gasteiger partial charge in [0.2, 0.25) is 10.0 Å². The molecule has 2 heterocycles. The van der Waals surface area contributed by atoms with Gasteiger partial charge in [-0.25, -0.2) is 13.4 Å². The van der Waals surface area contributed by atoms with Crippen molar-refractivity contribution in [3.05, 3.63) is 18.3 Å². The molecule has 0 atom stereocenters. The Morgan fingerprint density at radius 1 is 1.12 bits per heavy atom. The van der Waals surface area contributed by atoms with E-state index in [2.05, 4.69) is 15.2 Å². The molecule has 0 bridgehead atoms. The molecular weight excluding hydrogens is 324 g/mol. The van der Waals surface area contributed by atoms with Gasteiger partial charge in [-0.05, 0) is 37.9 Å². The number of piperazine rings is 1. The van der Waals surface area contributed by atoms with E-state index in [0.717, 1.165) is 25.5 Å². The molecule has 2 fully saturated rings. The van der Waals surface area contributed by atoms with E-state index in [9.17, 15) is 8.42 Å². The van der Waals surface area contributed by atoms with Crippen LogP contribution in [0.2, 0.25) is 0 Å². The fourth-order valence-electron chi connectivity index (χ4n) is 3.46. The second kappa shape index (κ2) is 7.80. The molecule has 0 amide bonds. The second-order valence-electron chi connectivity index (χ2n) is 6.97. The van der Waals surface area contributed by atoms with Crippen molar-refractivity contribution in [3.8, 4) is 0 Å². The Morgan fingerprint density at radius 2 is 1.83 bits per heavy atom. The van der Waals surface area contributed by atoms with Crippen LogP contribution in [-0.4, -0.2) is 62.4 Å². The second-order valence-corrected chi connectivity index (χ2v) is 8.91. The zero-order chi connectivity index (χ0) is 17.0. The molecule has 1 aromatic rings. The highest BCUT2D eigenvalue weighted by atomic mass is 32.2. The van der Waals surface area contributed by atoms with Gasteiger partial charge in [0, 0.05) is 38.9 Å². The third-order valence-corrected chi connectivity index (χ3v) is 7.02. The first-order chi connectivity index (χ1) is 11.6. The minimum Gasteiger partial charge on any atom is -0.370 e. The van der Waals surface area contributed by atoms with Crippen molar-refractivity contribution in [1.29, 1.82) is 0 Å². The van der Waals surface area contributed by atoms with Crippen LogP contribution in [0.25, 0.3) is 0 Å². The van der Waals surface area contributed by atoms with E-state index >= 15 is 0 Å². The van der Waals surface area contributed by atoms with Crippen LogP contribution in [0.5, 0.6) is 0 Å². The Balaban J connectivity index is 1.59. The quantitative estimate of drug-likeness (QED) is 0.878. The van der Waals surface area contributed by atoms with E-state index < -0.39 is 10.0 Å². The number of rotatable bonds is 5. The topological polar surface area (TPSA) is 65.5 Å². The molecule has 3 rings (SSSR count). The molecule has 1 saturated heterocycles. The van der Waals surface area contributed by atoms with Gasteiger partial charge < -0.3 is 10.2 Å². The number of nitrogens with zero attached hydrogens (tertiary/aromatic N) is 3. The first-order valence-corrected chi connectivity index (χ1v) is 10.4. The summed E-state index contributed by atoms with van der Waals surface area (Å²) in [7, 11) is -1.41. The molecule has 1 aromatic heterocycles. The number of likely N-dealkylation sites (N-methyl/N-ethyl adjacent to an activating group) is 1. The number of pyridine rings is 1. The molecule has 1 aliphatic carbocycles. The molecule has 1 N–H and O–H groups in total. The predicted octanol–water partition coefficient (Wildman–Crippen LogP) is 2.01. The van der Waals surface area contributed by atoms with Gasteiger partial charge >= 0.3 is 0 Å². The van der Waals surface area contributed by atoms with E-state index in [1.165, 1.54) is 38.3 Å².